The van der Waals surface area contributed by atoms with Crippen LogP contribution in [-0.4, -0.2) is 5.54 Å². The first-order valence-electron chi connectivity index (χ1n) is 6.77. The van der Waals surface area contributed by atoms with E-state index in [1.807, 2.05) is 0 Å². The van der Waals surface area contributed by atoms with Crippen molar-refractivity contribution in [3.63, 3.8) is 0 Å². The second-order valence-corrected chi connectivity index (χ2v) is 7.25. The quantitative estimate of drug-likeness (QED) is 0.737. The van der Waals surface area contributed by atoms with Crippen LogP contribution in [0.15, 0.2) is 0 Å². The number of nitrogens with two attached hydrogens (primary N) is 1. The highest BCUT2D eigenvalue weighted by Gasteiger charge is 2.66. The molecule has 3 saturated carbocycles. The molecule has 0 saturated heterocycles. The van der Waals surface area contributed by atoms with E-state index in [1.54, 1.807) is 0 Å². The summed E-state index contributed by atoms with van der Waals surface area (Å²) in [5.41, 5.74) is 8.00. The van der Waals surface area contributed by atoms with Crippen molar-refractivity contribution in [2.24, 2.45) is 22.5 Å². The second kappa shape index (κ2) is 2.80. The van der Waals surface area contributed by atoms with Gasteiger partial charge in [-0.05, 0) is 68.1 Å². The van der Waals surface area contributed by atoms with Gasteiger partial charge in [0, 0.05) is 5.54 Å². The minimum atomic E-state index is 0.291. The lowest BCUT2D eigenvalue weighted by atomic mass is 9.66. The maximum Gasteiger partial charge on any atom is 0.0215 e. The molecule has 0 amide bonds. The molecule has 1 heteroatoms. The van der Waals surface area contributed by atoms with E-state index in [4.69, 9.17) is 5.73 Å². The first-order chi connectivity index (χ1) is 6.98. The van der Waals surface area contributed by atoms with Crippen LogP contribution in [0.5, 0.6) is 0 Å². The van der Waals surface area contributed by atoms with Crippen LogP contribution in [0.25, 0.3) is 0 Å². The fraction of sp³-hybridized carbons (Fsp3) is 1.00. The van der Waals surface area contributed by atoms with Crippen molar-refractivity contribution in [3.8, 4) is 0 Å². The molecule has 0 radical (unpaired) electrons. The van der Waals surface area contributed by atoms with Gasteiger partial charge in [0.05, 0.1) is 0 Å². The van der Waals surface area contributed by atoms with Crippen molar-refractivity contribution in [1.82, 2.24) is 0 Å². The molecule has 0 aromatic carbocycles. The van der Waals surface area contributed by atoms with Gasteiger partial charge in [-0.25, -0.2) is 0 Å². The summed E-state index contributed by atoms with van der Waals surface area (Å²) in [4.78, 5) is 0. The van der Waals surface area contributed by atoms with E-state index in [-0.39, 0.29) is 0 Å². The molecule has 3 aliphatic rings. The molecule has 0 bridgehead atoms. The van der Waals surface area contributed by atoms with Gasteiger partial charge in [0.25, 0.3) is 0 Å². The minimum Gasteiger partial charge on any atom is -0.325 e. The van der Waals surface area contributed by atoms with Gasteiger partial charge < -0.3 is 5.73 Å². The molecule has 0 atom stereocenters. The summed E-state index contributed by atoms with van der Waals surface area (Å²) in [6.07, 6.45) is 11.3. The molecular formula is C14H25N. The summed E-state index contributed by atoms with van der Waals surface area (Å²) >= 11 is 0. The Balaban J connectivity index is 1.70. The lowest BCUT2D eigenvalue weighted by Crippen LogP contribution is -2.41. The van der Waals surface area contributed by atoms with E-state index in [9.17, 15) is 0 Å². The summed E-state index contributed by atoms with van der Waals surface area (Å²) in [6, 6.07) is 0. The standard InChI is InChI=1S/C14H25N/c1-12(2)5-3-11(4-6-12)13(7-8-13)14(15)9-10-14/h11H,3-10,15H2,1-2H3. The maximum absolute atomic E-state index is 6.49. The topological polar surface area (TPSA) is 26.0 Å². The Hall–Kier alpha value is -0.0400. The molecule has 0 aromatic heterocycles. The van der Waals surface area contributed by atoms with Gasteiger partial charge in [-0.15, -0.1) is 0 Å². The Kier molecular flexibility index (Phi) is 1.89. The normalized spacial score (nSPS) is 36.2. The zero-order valence-electron chi connectivity index (χ0n) is 10.3. The summed E-state index contributed by atoms with van der Waals surface area (Å²) in [7, 11) is 0. The summed E-state index contributed by atoms with van der Waals surface area (Å²) < 4.78 is 0. The molecule has 3 rings (SSSR count). The molecular weight excluding hydrogens is 182 g/mol. The SMILES string of the molecule is CC1(C)CCC(C2(C3(N)CC3)CC2)CC1. The van der Waals surface area contributed by atoms with E-state index in [0.29, 0.717) is 16.4 Å². The van der Waals surface area contributed by atoms with Crippen LogP contribution in [0.1, 0.15) is 65.2 Å². The van der Waals surface area contributed by atoms with Gasteiger partial charge >= 0.3 is 0 Å². The molecule has 0 spiro atoms. The molecule has 86 valence electrons. The average Bonchev–Trinajstić information content (AvgIpc) is 3.00. The lowest BCUT2D eigenvalue weighted by molar-refractivity contribution is 0.115. The van der Waals surface area contributed by atoms with E-state index in [0.717, 1.165) is 5.92 Å². The third kappa shape index (κ3) is 1.46. The summed E-state index contributed by atoms with van der Waals surface area (Å²) in [5.74, 6) is 0.970. The number of hydrogen-bond acceptors (Lipinski definition) is 1. The first kappa shape index (κ1) is 10.1. The van der Waals surface area contributed by atoms with Crippen LogP contribution >= 0.6 is 0 Å². The van der Waals surface area contributed by atoms with E-state index < -0.39 is 0 Å². The molecule has 0 aliphatic heterocycles. The Morgan fingerprint density at radius 1 is 0.867 bits per heavy atom. The van der Waals surface area contributed by atoms with Crippen LogP contribution in [0.3, 0.4) is 0 Å². The third-order valence-corrected chi connectivity index (χ3v) is 5.69. The van der Waals surface area contributed by atoms with Crippen LogP contribution in [0.4, 0.5) is 0 Å². The smallest absolute Gasteiger partial charge is 0.0215 e. The summed E-state index contributed by atoms with van der Waals surface area (Å²) in [5, 5.41) is 0. The predicted molar refractivity (Wildman–Crippen MR) is 63.6 cm³/mol. The maximum atomic E-state index is 6.49. The predicted octanol–water partition coefficient (Wildman–Crippen LogP) is 3.47. The molecule has 2 N–H and O–H groups in total. The van der Waals surface area contributed by atoms with Crippen molar-refractivity contribution in [1.29, 1.82) is 0 Å². The van der Waals surface area contributed by atoms with Crippen molar-refractivity contribution in [2.45, 2.75) is 70.8 Å². The van der Waals surface area contributed by atoms with Gasteiger partial charge in [0.2, 0.25) is 0 Å². The van der Waals surface area contributed by atoms with Crippen LogP contribution in [-0.2, 0) is 0 Å². The average molecular weight is 207 g/mol. The first-order valence-corrected chi connectivity index (χ1v) is 6.77. The van der Waals surface area contributed by atoms with Gasteiger partial charge in [-0.1, -0.05) is 13.8 Å². The minimum absolute atomic E-state index is 0.291. The highest BCUT2D eigenvalue weighted by atomic mass is 14.9. The number of rotatable bonds is 2. The van der Waals surface area contributed by atoms with Crippen LogP contribution < -0.4 is 5.73 Å². The fourth-order valence-corrected chi connectivity index (χ4v) is 4.03. The Morgan fingerprint density at radius 3 is 1.80 bits per heavy atom. The van der Waals surface area contributed by atoms with Crippen molar-refractivity contribution >= 4 is 0 Å². The molecule has 0 unspecified atom stereocenters. The van der Waals surface area contributed by atoms with Gasteiger partial charge in [-0.2, -0.15) is 0 Å². The van der Waals surface area contributed by atoms with Gasteiger partial charge in [0.1, 0.15) is 0 Å². The zero-order chi connectivity index (χ0) is 10.7. The van der Waals surface area contributed by atoms with Crippen LogP contribution in [0.2, 0.25) is 0 Å². The highest BCUT2D eigenvalue weighted by Crippen LogP contribution is 2.69. The zero-order valence-corrected chi connectivity index (χ0v) is 10.3. The van der Waals surface area contributed by atoms with Crippen molar-refractivity contribution < 1.29 is 0 Å². The van der Waals surface area contributed by atoms with E-state index >= 15 is 0 Å². The molecule has 3 fully saturated rings. The highest BCUT2D eigenvalue weighted by molar-refractivity contribution is 5.21. The molecule has 1 nitrogen and oxygen atoms in total. The molecule has 15 heavy (non-hydrogen) atoms. The fourth-order valence-electron chi connectivity index (χ4n) is 4.03. The lowest BCUT2D eigenvalue weighted by Gasteiger charge is -2.40. The molecule has 0 heterocycles. The third-order valence-electron chi connectivity index (χ3n) is 5.69. The van der Waals surface area contributed by atoms with E-state index in [1.165, 1.54) is 51.4 Å². The Bertz CT molecular complexity index is 261. The molecule has 0 aromatic rings. The van der Waals surface area contributed by atoms with Crippen molar-refractivity contribution in [3.05, 3.63) is 0 Å². The van der Waals surface area contributed by atoms with E-state index in [2.05, 4.69) is 13.8 Å². The number of hydrogen-bond donors (Lipinski definition) is 1. The van der Waals surface area contributed by atoms with Gasteiger partial charge in [0.15, 0.2) is 0 Å². The monoisotopic (exact) mass is 207 g/mol. The summed E-state index contributed by atoms with van der Waals surface area (Å²) in [6.45, 7) is 4.86. The van der Waals surface area contributed by atoms with Crippen molar-refractivity contribution in [2.75, 3.05) is 0 Å². The largest absolute Gasteiger partial charge is 0.325 e. The molecule has 3 aliphatic carbocycles. The second-order valence-electron chi connectivity index (χ2n) is 7.25. The van der Waals surface area contributed by atoms with Crippen LogP contribution in [0, 0.1) is 16.7 Å². The Morgan fingerprint density at radius 2 is 1.40 bits per heavy atom. The Labute approximate surface area is 93.8 Å². The van der Waals surface area contributed by atoms with Gasteiger partial charge in [-0.3, -0.25) is 0 Å².